The van der Waals surface area contributed by atoms with Gasteiger partial charge in [-0.3, -0.25) is 0 Å². The monoisotopic (exact) mass is 238 g/mol. The van der Waals surface area contributed by atoms with Crippen molar-refractivity contribution in [3.05, 3.63) is 23.8 Å². The van der Waals surface area contributed by atoms with Crippen LogP contribution in [0.2, 0.25) is 0 Å². The van der Waals surface area contributed by atoms with Crippen LogP contribution in [-0.2, 0) is 6.42 Å². The third kappa shape index (κ3) is 4.65. The summed E-state index contributed by atoms with van der Waals surface area (Å²) >= 11 is 0. The lowest BCUT2D eigenvalue weighted by Gasteiger charge is -2.12. The standard InChI is InChI=1S/C14H22O3/c1-4-12-7-8-13(14(10-12)16-3)17-9-5-6-11(2)15/h7-8,10-11,15H,4-6,9H2,1-3H3. The molecule has 0 saturated heterocycles. The molecule has 0 aliphatic heterocycles. The van der Waals surface area contributed by atoms with E-state index in [4.69, 9.17) is 14.6 Å². The molecule has 1 atom stereocenters. The van der Waals surface area contributed by atoms with Gasteiger partial charge in [0.2, 0.25) is 0 Å². The van der Waals surface area contributed by atoms with Crippen molar-refractivity contribution >= 4 is 0 Å². The molecule has 0 fully saturated rings. The normalized spacial score (nSPS) is 12.2. The van der Waals surface area contributed by atoms with Gasteiger partial charge >= 0.3 is 0 Å². The van der Waals surface area contributed by atoms with E-state index in [2.05, 4.69) is 6.92 Å². The Morgan fingerprint density at radius 1 is 1.29 bits per heavy atom. The summed E-state index contributed by atoms with van der Waals surface area (Å²) in [5, 5.41) is 9.14. The number of hydrogen-bond acceptors (Lipinski definition) is 3. The Hall–Kier alpha value is -1.22. The van der Waals surface area contributed by atoms with Crippen LogP contribution in [0.5, 0.6) is 11.5 Å². The fourth-order valence-corrected chi connectivity index (χ4v) is 1.61. The molecule has 0 aliphatic carbocycles. The second-order valence-corrected chi connectivity index (χ2v) is 4.18. The maximum atomic E-state index is 9.14. The van der Waals surface area contributed by atoms with Crippen LogP contribution >= 0.6 is 0 Å². The molecule has 0 saturated carbocycles. The van der Waals surface area contributed by atoms with Gasteiger partial charge in [0.15, 0.2) is 11.5 Å². The molecule has 3 heteroatoms. The number of aliphatic hydroxyl groups is 1. The zero-order chi connectivity index (χ0) is 12.7. The van der Waals surface area contributed by atoms with Crippen molar-refractivity contribution in [1.82, 2.24) is 0 Å². The molecule has 1 aromatic carbocycles. The Balaban J connectivity index is 2.52. The van der Waals surface area contributed by atoms with Crippen molar-refractivity contribution in [1.29, 1.82) is 0 Å². The average Bonchev–Trinajstić information content (AvgIpc) is 2.34. The van der Waals surface area contributed by atoms with Gasteiger partial charge in [-0.1, -0.05) is 13.0 Å². The minimum Gasteiger partial charge on any atom is -0.493 e. The largest absolute Gasteiger partial charge is 0.493 e. The van der Waals surface area contributed by atoms with E-state index in [-0.39, 0.29) is 6.10 Å². The van der Waals surface area contributed by atoms with Crippen molar-refractivity contribution in [3.8, 4) is 11.5 Å². The van der Waals surface area contributed by atoms with Crippen molar-refractivity contribution in [2.24, 2.45) is 0 Å². The smallest absolute Gasteiger partial charge is 0.161 e. The van der Waals surface area contributed by atoms with Crippen LogP contribution in [0, 0.1) is 0 Å². The molecule has 0 spiro atoms. The third-order valence-corrected chi connectivity index (χ3v) is 2.66. The summed E-state index contributed by atoms with van der Waals surface area (Å²) < 4.78 is 10.9. The van der Waals surface area contributed by atoms with Gasteiger partial charge in [-0.15, -0.1) is 0 Å². The first-order valence-electron chi connectivity index (χ1n) is 6.15. The summed E-state index contributed by atoms with van der Waals surface area (Å²) in [6.07, 6.45) is 2.33. The van der Waals surface area contributed by atoms with E-state index in [1.54, 1.807) is 14.0 Å². The van der Waals surface area contributed by atoms with Crippen LogP contribution < -0.4 is 9.47 Å². The highest BCUT2D eigenvalue weighted by molar-refractivity contribution is 5.42. The number of aryl methyl sites for hydroxylation is 1. The number of ether oxygens (including phenoxy) is 2. The summed E-state index contributed by atoms with van der Waals surface area (Å²) in [6, 6.07) is 6.00. The van der Waals surface area contributed by atoms with Crippen LogP contribution in [0.25, 0.3) is 0 Å². The molecule has 17 heavy (non-hydrogen) atoms. The Morgan fingerprint density at radius 3 is 2.65 bits per heavy atom. The lowest BCUT2D eigenvalue weighted by atomic mass is 10.1. The number of aliphatic hydroxyl groups excluding tert-OH is 1. The highest BCUT2D eigenvalue weighted by Crippen LogP contribution is 2.28. The van der Waals surface area contributed by atoms with E-state index in [1.165, 1.54) is 5.56 Å². The molecular formula is C14H22O3. The first kappa shape index (κ1) is 13.8. The fourth-order valence-electron chi connectivity index (χ4n) is 1.61. The molecule has 1 aromatic rings. The van der Waals surface area contributed by atoms with E-state index in [1.807, 2.05) is 18.2 Å². The van der Waals surface area contributed by atoms with E-state index < -0.39 is 0 Å². The summed E-state index contributed by atoms with van der Waals surface area (Å²) in [6.45, 7) is 4.50. The molecule has 3 nitrogen and oxygen atoms in total. The van der Waals surface area contributed by atoms with Gasteiger partial charge in [-0.25, -0.2) is 0 Å². The highest BCUT2D eigenvalue weighted by atomic mass is 16.5. The van der Waals surface area contributed by atoms with Crippen molar-refractivity contribution < 1.29 is 14.6 Å². The molecule has 0 aromatic heterocycles. The summed E-state index contributed by atoms with van der Waals surface area (Å²) in [7, 11) is 1.65. The van der Waals surface area contributed by atoms with Gasteiger partial charge in [0.1, 0.15) is 0 Å². The number of methoxy groups -OCH3 is 1. The first-order valence-corrected chi connectivity index (χ1v) is 6.15. The minimum absolute atomic E-state index is 0.261. The lowest BCUT2D eigenvalue weighted by molar-refractivity contribution is 0.169. The van der Waals surface area contributed by atoms with Crippen molar-refractivity contribution in [2.75, 3.05) is 13.7 Å². The van der Waals surface area contributed by atoms with Crippen LogP contribution in [0.15, 0.2) is 18.2 Å². The SMILES string of the molecule is CCc1ccc(OCCCC(C)O)c(OC)c1. The fraction of sp³-hybridized carbons (Fsp3) is 0.571. The average molecular weight is 238 g/mol. The topological polar surface area (TPSA) is 38.7 Å². The van der Waals surface area contributed by atoms with Crippen molar-refractivity contribution in [2.45, 2.75) is 39.2 Å². The summed E-state index contributed by atoms with van der Waals surface area (Å²) in [5.74, 6) is 1.55. The highest BCUT2D eigenvalue weighted by Gasteiger charge is 2.05. The lowest BCUT2D eigenvalue weighted by Crippen LogP contribution is -2.05. The van der Waals surface area contributed by atoms with E-state index in [9.17, 15) is 0 Å². The van der Waals surface area contributed by atoms with Crippen molar-refractivity contribution in [3.63, 3.8) is 0 Å². The summed E-state index contributed by atoms with van der Waals surface area (Å²) in [4.78, 5) is 0. The molecule has 1 unspecified atom stereocenters. The molecule has 0 radical (unpaired) electrons. The predicted molar refractivity (Wildman–Crippen MR) is 68.8 cm³/mol. The van der Waals surface area contributed by atoms with Crippen LogP contribution in [0.3, 0.4) is 0 Å². The molecular weight excluding hydrogens is 216 g/mol. The van der Waals surface area contributed by atoms with Gasteiger partial charge in [0.05, 0.1) is 19.8 Å². The number of hydrogen-bond donors (Lipinski definition) is 1. The number of rotatable bonds is 7. The van der Waals surface area contributed by atoms with Gasteiger partial charge in [0, 0.05) is 0 Å². The van der Waals surface area contributed by atoms with Crippen LogP contribution in [0.1, 0.15) is 32.3 Å². The zero-order valence-corrected chi connectivity index (χ0v) is 10.9. The molecule has 0 bridgehead atoms. The van der Waals surface area contributed by atoms with Crippen LogP contribution in [0.4, 0.5) is 0 Å². The van der Waals surface area contributed by atoms with Gasteiger partial charge in [0.25, 0.3) is 0 Å². The van der Waals surface area contributed by atoms with E-state index in [0.29, 0.717) is 6.61 Å². The van der Waals surface area contributed by atoms with E-state index in [0.717, 1.165) is 30.8 Å². The van der Waals surface area contributed by atoms with Gasteiger partial charge in [-0.05, 0) is 43.9 Å². The van der Waals surface area contributed by atoms with Crippen LogP contribution in [-0.4, -0.2) is 24.9 Å². The Labute approximate surface area is 103 Å². The maximum Gasteiger partial charge on any atom is 0.161 e. The molecule has 0 aliphatic rings. The minimum atomic E-state index is -0.261. The molecule has 0 amide bonds. The Kier molecular flexibility index (Phi) is 5.84. The second kappa shape index (κ2) is 7.17. The second-order valence-electron chi connectivity index (χ2n) is 4.18. The third-order valence-electron chi connectivity index (χ3n) is 2.66. The van der Waals surface area contributed by atoms with Gasteiger partial charge in [-0.2, -0.15) is 0 Å². The number of benzene rings is 1. The first-order chi connectivity index (χ1) is 8.17. The molecule has 96 valence electrons. The Bertz CT molecular complexity index is 334. The van der Waals surface area contributed by atoms with E-state index >= 15 is 0 Å². The molecule has 1 N–H and O–H groups in total. The molecule has 0 heterocycles. The summed E-state index contributed by atoms with van der Waals surface area (Å²) in [5.41, 5.74) is 1.23. The predicted octanol–water partition coefficient (Wildman–Crippen LogP) is 2.80. The van der Waals surface area contributed by atoms with Gasteiger partial charge < -0.3 is 14.6 Å². The quantitative estimate of drug-likeness (QED) is 0.742. The molecule has 1 rings (SSSR count). The maximum absolute atomic E-state index is 9.14. The Morgan fingerprint density at radius 2 is 2.06 bits per heavy atom. The zero-order valence-electron chi connectivity index (χ0n) is 10.9.